The second kappa shape index (κ2) is 7.04. The van der Waals surface area contributed by atoms with Gasteiger partial charge >= 0.3 is 0 Å². The topological polar surface area (TPSA) is 49.4 Å². The third-order valence-corrected chi connectivity index (χ3v) is 6.18. The van der Waals surface area contributed by atoms with Gasteiger partial charge in [-0.05, 0) is 45.2 Å². The summed E-state index contributed by atoms with van der Waals surface area (Å²) in [5.74, 6) is 0. The van der Waals surface area contributed by atoms with Gasteiger partial charge in [0.2, 0.25) is 0 Å². The maximum Gasteiger partial charge on any atom is 0.150 e. The molecule has 2 aliphatic rings. The number of sulfone groups is 1. The Bertz CT molecular complexity index is 364. The van der Waals surface area contributed by atoms with Gasteiger partial charge in [-0.3, -0.25) is 0 Å². The van der Waals surface area contributed by atoms with Crippen molar-refractivity contribution in [1.29, 1.82) is 0 Å². The molecule has 1 N–H and O–H groups in total. The van der Waals surface area contributed by atoms with Crippen molar-refractivity contribution in [2.45, 2.75) is 56.2 Å². The lowest BCUT2D eigenvalue weighted by atomic mass is 9.95. The zero-order chi connectivity index (χ0) is 13.7. The van der Waals surface area contributed by atoms with Gasteiger partial charge in [-0.2, -0.15) is 0 Å². The first-order chi connectivity index (χ1) is 9.05. The van der Waals surface area contributed by atoms with Gasteiger partial charge in [0, 0.05) is 25.4 Å². The van der Waals surface area contributed by atoms with Crippen molar-refractivity contribution in [1.82, 2.24) is 10.2 Å². The van der Waals surface area contributed by atoms with Gasteiger partial charge in [0.05, 0.1) is 5.25 Å². The van der Waals surface area contributed by atoms with E-state index in [2.05, 4.69) is 10.2 Å². The van der Waals surface area contributed by atoms with E-state index in [0.717, 1.165) is 38.8 Å². The summed E-state index contributed by atoms with van der Waals surface area (Å²) in [6, 6.07) is 0.401. The largest absolute Gasteiger partial charge is 0.313 e. The molecule has 0 aromatic rings. The summed E-state index contributed by atoms with van der Waals surface area (Å²) in [6.07, 6.45) is 9.25. The molecule has 1 aliphatic heterocycles. The van der Waals surface area contributed by atoms with Crippen molar-refractivity contribution in [3.05, 3.63) is 0 Å². The van der Waals surface area contributed by atoms with E-state index in [1.807, 2.05) is 0 Å². The van der Waals surface area contributed by atoms with Crippen molar-refractivity contribution in [2.24, 2.45) is 0 Å². The number of hydrogen-bond donors (Lipinski definition) is 1. The van der Waals surface area contributed by atoms with Gasteiger partial charge in [-0.15, -0.1) is 0 Å². The van der Waals surface area contributed by atoms with Crippen LogP contribution in [0.3, 0.4) is 0 Å². The fourth-order valence-corrected chi connectivity index (χ4v) is 4.51. The minimum atomic E-state index is -2.85. The van der Waals surface area contributed by atoms with E-state index in [9.17, 15) is 8.42 Å². The molecule has 2 unspecified atom stereocenters. The van der Waals surface area contributed by atoms with Crippen LogP contribution in [-0.4, -0.2) is 57.0 Å². The van der Waals surface area contributed by atoms with Crippen LogP contribution in [0, 0.1) is 0 Å². The van der Waals surface area contributed by atoms with E-state index >= 15 is 0 Å². The van der Waals surface area contributed by atoms with Crippen molar-refractivity contribution in [3.8, 4) is 0 Å². The summed E-state index contributed by atoms with van der Waals surface area (Å²) in [4.78, 5) is 2.52. The third-order valence-electron chi connectivity index (χ3n) is 4.54. The van der Waals surface area contributed by atoms with Crippen molar-refractivity contribution in [3.63, 3.8) is 0 Å². The number of nitrogens with one attached hydrogen (secondary N) is 1. The number of likely N-dealkylation sites (tertiary alicyclic amines) is 1. The molecule has 0 radical (unpaired) electrons. The maximum absolute atomic E-state index is 11.6. The summed E-state index contributed by atoms with van der Waals surface area (Å²) in [7, 11) is -2.85. The van der Waals surface area contributed by atoms with Crippen molar-refractivity contribution < 1.29 is 8.42 Å². The molecular weight excluding hydrogens is 260 g/mol. The molecule has 0 spiro atoms. The Hall–Kier alpha value is -0.130. The van der Waals surface area contributed by atoms with Crippen LogP contribution < -0.4 is 5.32 Å². The van der Waals surface area contributed by atoms with Gasteiger partial charge in [0.1, 0.15) is 9.84 Å². The Kier molecular flexibility index (Phi) is 5.66. The highest BCUT2D eigenvalue weighted by Gasteiger charge is 2.28. The zero-order valence-corrected chi connectivity index (χ0v) is 12.9. The van der Waals surface area contributed by atoms with E-state index < -0.39 is 9.84 Å². The van der Waals surface area contributed by atoms with Crippen LogP contribution in [0.1, 0.15) is 44.9 Å². The predicted octanol–water partition coefficient (Wildman–Crippen LogP) is 1.42. The molecule has 4 nitrogen and oxygen atoms in total. The van der Waals surface area contributed by atoms with Gasteiger partial charge in [-0.1, -0.05) is 12.8 Å². The summed E-state index contributed by atoms with van der Waals surface area (Å²) < 4.78 is 23.2. The number of piperidine rings is 1. The minimum Gasteiger partial charge on any atom is -0.313 e. The van der Waals surface area contributed by atoms with Crippen LogP contribution >= 0.6 is 0 Å². The zero-order valence-electron chi connectivity index (χ0n) is 12.1. The monoisotopic (exact) mass is 288 g/mol. The van der Waals surface area contributed by atoms with Crippen LogP contribution in [0.5, 0.6) is 0 Å². The lowest BCUT2D eigenvalue weighted by molar-refractivity contribution is 0.223. The lowest BCUT2D eigenvalue weighted by Gasteiger charge is -2.31. The van der Waals surface area contributed by atoms with Gasteiger partial charge < -0.3 is 10.2 Å². The molecule has 19 heavy (non-hydrogen) atoms. The smallest absolute Gasteiger partial charge is 0.150 e. The van der Waals surface area contributed by atoms with Crippen LogP contribution in [0.2, 0.25) is 0 Å². The molecular formula is C14H28N2O2S. The molecule has 1 saturated carbocycles. The van der Waals surface area contributed by atoms with E-state index in [4.69, 9.17) is 0 Å². The van der Waals surface area contributed by atoms with Crippen LogP contribution in [0.15, 0.2) is 0 Å². The highest BCUT2D eigenvalue weighted by molar-refractivity contribution is 7.91. The summed E-state index contributed by atoms with van der Waals surface area (Å²) in [5.41, 5.74) is 0. The standard InChI is InChI=1S/C14H28N2O2S/c1-19(17,18)14-7-5-6-13(12-14)15-8-11-16-9-3-2-4-10-16/h13-15H,2-12H2,1H3. The van der Waals surface area contributed by atoms with E-state index in [1.165, 1.54) is 38.6 Å². The molecule has 0 aromatic carbocycles. The van der Waals surface area contributed by atoms with Gasteiger partial charge in [-0.25, -0.2) is 8.42 Å². The molecule has 0 amide bonds. The highest BCUT2D eigenvalue weighted by Crippen LogP contribution is 2.23. The van der Waals surface area contributed by atoms with E-state index in [-0.39, 0.29) is 5.25 Å². The first-order valence-electron chi connectivity index (χ1n) is 7.70. The Morgan fingerprint density at radius 1 is 1.11 bits per heavy atom. The molecule has 112 valence electrons. The molecule has 0 aromatic heterocycles. The Labute approximate surface area is 117 Å². The highest BCUT2D eigenvalue weighted by atomic mass is 32.2. The fraction of sp³-hybridized carbons (Fsp3) is 1.00. The Balaban J connectivity index is 1.67. The number of rotatable bonds is 5. The molecule has 5 heteroatoms. The first-order valence-corrected chi connectivity index (χ1v) is 9.66. The Morgan fingerprint density at radius 2 is 1.84 bits per heavy atom. The molecule has 2 atom stereocenters. The molecule has 1 saturated heterocycles. The second-order valence-corrected chi connectivity index (χ2v) is 8.50. The van der Waals surface area contributed by atoms with Gasteiger partial charge in [0.15, 0.2) is 0 Å². The van der Waals surface area contributed by atoms with Crippen LogP contribution in [0.25, 0.3) is 0 Å². The second-order valence-electron chi connectivity index (χ2n) is 6.17. The van der Waals surface area contributed by atoms with Crippen molar-refractivity contribution in [2.75, 3.05) is 32.4 Å². The quantitative estimate of drug-likeness (QED) is 0.831. The summed E-state index contributed by atoms with van der Waals surface area (Å²) in [5, 5.41) is 3.45. The molecule has 2 rings (SSSR count). The number of nitrogens with zero attached hydrogens (tertiary/aromatic N) is 1. The average molecular weight is 288 g/mol. The molecule has 2 fully saturated rings. The maximum atomic E-state index is 11.6. The molecule has 1 heterocycles. The van der Waals surface area contributed by atoms with E-state index in [1.54, 1.807) is 0 Å². The first kappa shape index (κ1) is 15.3. The van der Waals surface area contributed by atoms with Crippen LogP contribution in [0.4, 0.5) is 0 Å². The lowest BCUT2D eigenvalue weighted by Crippen LogP contribution is -2.43. The van der Waals surface area contributed by atoms with E-state index in [0.29, 0.717) is 6.04 Å². The normalized spacial score (nSPS) is 30.4. The third kappa shape index (κ3) is 5.04. The summed E-state index contributed by atoms with van der Waals surface area (Å²) >= 11 is 0. The summed E-state index contributed by atoms with van der Waals surface area (Å²) in [6.45, 7) is 4.58. The minimum absolute atomic E-state index is 0.117. The molecule has 0 bridgehead atoms. The van der Waals surface area contributed by atoms with Gasteiger partial charge in [0.25, 0.3) is 0 Å². The Morgan fingerprint density at radius 3 is 2.53 bits per heavy atom. The number of hydrogen-bond acceptors (Lipinski definition) is 4. The van der Waals surface area contributed by atoms with Crippen molar-refractivity contribution >= 4 is 9.84 Å². The predicted molar refractivity (Wildman–Crippen MR) is 79.2 cm³/mol. The molecule has 1 aliphatic carbocycles. The average Bonchev–Trinajstić information content (AvgIpc) is 2.39. The SMILES string of the molecule is CS(=O)(=O)C1CCCC(NCCN2CCCCC2)C1. The van der Waals surface area contributed by atoms with Crippen LogP contribution in [-0.2, 0) is 9.84 Å². The fourth-order valence-electron chi connectivity index (χ4n) is 3.33.